The molecule has 9 heteroatoms. The van der Waals surface area contributed by atoms with Crippen LogP contribution in [-0.4, -0.2) is 51.2 Å². The Bertz CT molecular complexity index is 1340. The first-order chi connectivity index (χ1) is 20.5. The van der Waals surface area contributed by atoms with E-state index in [-0.39, 0.29) is 36.6 Å². The van der Waals surface area contributed by atoms with Gasteiger partial charge in [-0.05, 0) is 56.5 Å². The number of rotatable bonds is 13. The molecular formula is C34H43N3O6. The van der Waals surface area contributed by atoms with Gasteiger partial charge in [0, 0.05) is 25.1 Å². The minimum Gasteiger partial charge on any atom is -0.508 e. The van der Waals surface area contributed by atoms with Gasteiger partial charge in [-0.3, -0.25) is 9.59 Å². The highest BCUT2D eigenvalue weighted by Gasteiger charge is 2.37. The number of phenols is 2. The fourth-order valence-electron chi connectivity index (χ4n) is 4.67. The number of amides is 3. The van der Waals surface area contributed by atoms with Crippen molar-refractivity contribution in [2.24, 2.45) is 0 Å². The number of phenolic OH excluding ortho intramolecular Hbond substituents is 2. The minimum absolute atomic E-state index is 0.0719. The number of nitrogens with zero attached hydrogens (tertiary/aromatic N) is 1. The van der Waals surface area contributed by atoms with Crippen LogP contribution in [0.1, 0.15) is 69.7 Å². The number of carbonyl (C=O) groups excluding carboxylic acids is 3. The summed E-state index contributed by atoms with van der Waals surface area (Å²) in [5.74, 6) is -1.01. The number of hydrogen-bond acceptors (Lipinski definition) is 6. The maximum absolute atomic E-state index is 14.5. The fourth-order valence-corrected chi connectivity index (χ4v) is 4.67. The van der Waals surface area contributed by atoms with E-state index in [9.17, 15) is 24.6 Å². The molecule has 0 heterocycles. The summed E-state index contributed by atoms with van der Waals surface area (Å²) in [5, 5.41) is 26.3. The lowest BCUT2D eigenvalue weighted by Crippen LogP contribution is -2.54. The van der Waals surface area contributed by atoms with Crippen LogP contribution in [-0.2, 0) is 27.3 Å². The lowest BCUT2D eigenvalue weighted by Gasteiger charge is -2.35. The SMILES string of the molecule is CCCCCN(C(=O)C(Cc1ccc(O)cc1)NC(=O)OC(C)(C)C)C(C(=O)NCc1ccccc1)c1ccccc1O. The molecule has 43 heavy (non-hydrogen) atoms. The lowest BCUT2D eigenvalue weighted by molar-refractivity contribution is -0.142. The molecule has 0 fully saturated rings. The van der Waals surface area contributed by atoms with Crippen LogP contribution < -0.4 is 10.6 Å². The Labute approximate surface area is 253 Å². The summed E-state index contributed by atoms with van der Waals surface area (Å²) in [6.45, 7) is 7.67. The highest BCUT2D eigenvalue weighted by atomic mass is 16.6. The van der Waals surface area contributed by atoms with Crippen molar-refractivity contribution in [1.82, 2.24) is 15.5 Å². The molecule has 0 bridgehead atoms. The predicted molar refractivity (Wildman–Crippen MR) is 165 cm³/mol. The van der Waals surface area contributed by atoms with E-state index in [0.717, 1.165) is 18.4 Å². The first kappa shape index (κ1) is 33.0. The third-order valence-electron chi connectivity index (χ3n) is 6.75. The molecular weight excluding hydrogens is 546 g/mol. The van der Waals surface area contributed by atoms with Crippen molar-refractivity contribution >= 4 is 17.9 Å². The van der Waals surface area contributed by atoms with Crippen LogP contribution in [0.15, 0.2) is 78.9 Å². The predicted octanol–water partition coefficient (Wildman–Crippen LogP) is 5.61. The van der Waals surface area contributed by atoms with E-state index in [2.05, 4.69) is 10.6 Å². The maximum Gasteiger partial charge on any atom is 0.408 e. The minimum atomic E-state index is -1.17. The van der Waals surface area contributed by atoms with Crippen LogP contribution in [0.25, 0.3) is 0 Å². The van der Waals surface area contributed by atoms with Gasteiger partial charge >= 0.3 is 6.09 Å². The second-order valence-electron chi connectivity index (χ2n) is 11.5. The first-order valence-corrected chi connectivity index (χ1v) is 14.7. The van der Waals surface area contributed by atoms with Gasteiger partial charge in [0.05, 0.1) is 0 Å². The van der Waals surface area contributed by atoms with Gasteiger partial charge < -0.3 is 30.5 Å². The zero-order valence-corrected chi connectivity index (χ0v) is 25.4. The summed E-state index contributed by atoms with van der Waals surface area (Å²) in [4.78, 5) is 42.7. The van der Waals surface area contributed by atoms with Crippen molar-refractivity contribution in [3.05, 3.63) is 95.6 Å². The Morgan fingerprint density at radius 1 is 0.860 bits per heavy atom. The Morgan fingerprint density at radius 3 is 2.14 bits per heavy atom. The molecule has 2 unspecified atom stereocenters. The average Bonchev–Trinajstić information content (AvgIpc) is 2.96. The number of alkyl carbamates (subject to hydrolysis) is 1. The van der Waals surface area contributed by atoms with E-state index in [1.165, 1.54) is 23.1 Å². The third-order valence-corrected chi connectivity index (χ3v) is 6.75. The molecule has 0 aliphatic carbocycles. The number of nitrogens with one attached hydrogen (secondary N) is 2. The van der Waals surface area contributed by atoms with Crippen LogP contribution in [0, 0.1) is 0 Å². The van der Waals surface area contributed by atoms with Gasteiger partial charge in [0.1, 0.15) is 29.2 Å². The summed E-state index contributed by atoms with van der Waals surface area (Å²) in [6.07, 6.45) is 1.62. The summed E-state index contributed by atoms with van der Waals surface area (Å²) in [5.41, 5.74) is 1.05. The van der Waals surface area contributed by atoms with Gasteiger partial charge in [-0.15, -0.1) is 0 Å². The standard InChI is InChI=1S/C34H43N3O6/c1-5-6-12-21-37(30(27-15-10-11-16-29(27)39)31(40)35-23-25-13-8-7-9-14-25)32(41)28(36-33(42)43-34(2,3)4)22-24-17-19-26(38)20-18-24/h7-11,13-20,28,30,38-39H,5-6,12,21-23H2,1-4H3,(H,35,40)(H,36,42). The van der Waals surface area contributed by atoms with Crippen molar-refractivity contribution in [2.75, 3.05) is 6.54 Å². The van der Waals surface area contributed by atoms with Crippen LogP contribution in [0.5, 0.6) is 11.5 Å². The van der Waals surface area contributed by atoms with Gasteiger partial charge in [0.25, 0.3) is 0 Å². The Balaban J connectivity index is 2.03. The Morgan fingerprint density at radius 2 is 1.51 bits per heavy atom. The molecule has 3 amide bonds. The Hall–Kier alpha value is -4.53. The molecule has 2 atom stereocenters. The van der Waals surface area contributed by atoms with E-state index in [0.29, 0.717) is 12.0 Å². The van der Waals surface area contributed by atoms with Gasteiger partial charge in [0.2, 0.25) is 11.8 Å². The highest BCUT2D eigenvalue weighted by molar-refractivity contribution is 5.92. The van der Waals surface area contributed by atoms with Crippen molar-refractivity contribution in [2.45, 2.75) is 77.6 Å². The van der Waals surface area contributed by atoms with E-state index < -0.39 is 35.6 Å². The van der Waals surface area contributed by atoms with Crippen LogP contribution >= 0.6 is 0 Å². The number of hydrogen-bond donors (Lipinski definition) is 4. The zero-order valence-electron chi connectivity index (χ0n) is 25.4. The van der Waals surface area contributed by atoms with Crippen LogP contribution in [0.3, 0.4) is 0 Å². The molecule has 0 radical (unpaired) electrons. The van der Waals surface area contributed by atoms with E-state index in [1.54, 1.807) is 51.1 Å². The zero-order chi connectivity index (χ0) is 31.4. The van der Waals surface area contributed by atoms with E-state index in [1.807, 2.05) is 37.3 Å². The molecule has 0 spiro atoms. The van der Waals surface area contributed by atoms with Crippen LogP contribution in [0.4, 0.5) is 4.79 Å². The average molecular weight is 590 g/mol. The van der Waals surface area contributed by atoms with Crippen molar-refractivity contribution in [3.63, 3.8) is 0 Å². The summed E-state index contributed by atoms with van der Waals surface area (Å²) in [6, 6.07) is 19.9. The van der Waals surface area contributed by atoms with Crippen molar-refractivity contribution in [3.8, 4) is 11.5 Å². The third kappa shape index (κ3) is 10.4. The van der Waals surface area contributed by atoms with Gasteiger partial charge in [-0.2, -0.15) is 0 Å². The Kier molecular flexibility index (Phi) is 12.0. The number of carbonyl (C=O) groups is 3. The van der Waals surface area contributed by atoms with Gasteiger partial charge in [-0.25, -0.2) is 4.79 Å². The largest absolute Gasteiger partial charge is 0.508 e. The van der Waals surface area contributed by atoms with Crippen molar-refractivity contribution in [1.29, 1.82) is 0 Å². The maximum atomic E-state index is 14.5. The number of unbranched alkanes of at least 4 members (excludes halogenated alkanes) is 2. The number of ether oxygens (including phenoxy) is 1. The normalized spacial score (nSPS) is 12.6. The monoisotopic (exact) mass is 589 g/mol. The second kappa shape index (κ2) is 15.6. The molecule has 0 aliphatic heterocycles. The molecule has 9 nitrogen and oxygen atoms in total. The second-order valence-corrected chi connectivity index (χ2v) is 11.5. The fraction of sp³-hybridized carbons (Fsp3) is 0.382. The summed E-state index contributed by atoms with van der Waals surface area (Å²) in [7, 11) is 0. The molecule has 3 aromatic carbocycles. The molecule has 0 aliphatic rings. The summed E-state index contributed by atoms with van der Waals surface area (Å²) >= 11 is 0. The van der Waals surface area contributed by atoms with Crippen molar-refractivity contribution < 1.29 is 29.3 Å². The molecule has 0 saturated carbocycles. The highest BCUT2D eigenvalue weighted by Crippen LogP contribution is 2.30. The molecule has 3 aromatic rings. The topological polar surface area (TPSA) is 128 Å². The number of para-hydroxylation sites is 1. The molecule has 3 rings (SSSR count). The smallest absolute Gasteiger partial charge is 0.408 e. The van der Waals surface area contributed by atoms with Gasteiger partial charge in [-0.1, -0.05) is 80.4 Å². The van der Waals surface area contributed by atoms with E-state index in [4.69, 9.17) is 4.74 Å². The number of benzene rings is 3. The first-order valence-electron chi connectivity index (χ1n) is 14.7. The molecule has 0 aromatic heterocycles. The number of aromatic hydroxyl groups is 2. The van der Waals surface area contributed by atoms with Crippen LogP contribution in [0.2, 0.25) is 0 Å². The molecule has 0 saturated heterocycles. The van der Waals surface area contributed by atoms with Gasteiger partial charge in [0.15, 0.2) is 0 Å². The summed E-state index contributed by atoms with van der Waals surface area (Å²) < 4.78 is 5.47. The lowest BCUT2D eigenvalue weighted by atomic mass is 9.99. The molecule has 4 N–H and O–H groups in total. The molecule has 230 valence electrons. The van der Waals surface area contributed by atoms with E-state index >= 15 is 0 Å². The quantitative estimate of drug-likeness (QED) is 0.192.